The molecule has 0 amide bonds. The van der Waals surface area contributed by atoms with E-state index in [4.69, 9.17) is 0 Å². The fourth-order valence-corrected chi connectivity index (χ4v) is 1.45. The molecule has 0 aromatic carbocycles. The average molecular weight is 211 g/mol. The van der Waals surface area contributed by atoms with Gasteiger partial charge in [-0.1, -0.05) is 53.7 Å². The van der Waals surface area contributed by atoms with Crippen LogP contribution in [0.5, 0.6) is 0 Å². The number of hydrogen-bond donors (Lipinski definition) is 1. The summed E-state index contributed by atoms with van der Waals surface area (Å²) in [5.74, 6) is 0. The third kappa shape index (κ3) is 4.38. The summed E-state index contributed by atoms with van der Waals surface area (Å²) < 4.78 is 0. The van der Waals surface area contributed by atoms with Gasteiger partial charge in [0.1, 0.15) is 0 Å². The van der Waals surface area contributed by atoms with Crippen molar-refractivity contribution in [1.82, 2.24) is 5.32 Å². The predicted molar refractivity (Wildman–Crippen MR) is 70.2 cm³/mol. The summed E-state index contributed by atoms with van der Waals surface area (Å²) in [4.78, 5) is 0. The quantitative estimate of drug-likeness (QED) is 0.517. The van der Waals surface area contributed by atoms with Crippen LogP contribution >= 0.6 is 0 Å². The van der Waals surface area contributed by atoms with Crippen molar-refractivity contribution in [3.05, 3.63) is 12.2 Å². The molecule has 0 aromatic rings. The molecule has 1 heteroatoms. The summed E-state index contributed by atoms with van der Waals surface area (Å²) in [5.41, 5.74) is 1.90. The van der Waals surface area contributed by atoms with E-state index in [-0.39, 0.29) is 5.41 Å². The van der Waals surface area contributed by atoms with Crippen LogP contribution in [0.15, 0.2) is 12.2 Å². The smallest absolute Gasteiger partial charge is 0.00460 e. The van der Waals surface area contributed by atoms with Gasteiger partial charge in [-0.15, -0.1) is 0 Å². The van der Waals surface area contributed by atoms with Gasteiger partial charge in [-0.2, -0.15) is 0 Å². The second-order valence-corrected chi connectivity index (χ2v) is 5.94. The van der Waals surface area contributed by atoms with Crippen molar-refractivity contribution in [2.75, 3.05) is 13.1 Å². The Balaban J connectivity index is 4.10. The Morgan fingerprint density at radius 1 is 1.13 bits per heavy atom. The first-order valence-electron chi connectivity index (χ1n) is 6.12. The van der Waals surface area contributed by atoms with Gasteiger partial charge < -0.3 is 5.32 Å². The van der Waals surface area contributed by atoms with Gasteiger partial charge in [0.25, 0.3) is 0 Å². The molecular weight excluding hydrogens is 182 g/mol. The van der Waals surface area contributed by atoms with Gasteiger partial charge in [0.05, 0.1) is 0 Å². The lowest BCUT2D eigenvalue weighted by Gasteiger charge is -2.41. The Morgan fingerprint density at radius 3 is 2.07 bits per heavy atom. The Bertz CT molecular complexity index is 196. The van der Waals surface area contributed by atoms with Crippen LogP contribution in [0, 0.1) is 10.8 Å². The van der Waals surface area contributed by atoms with Crippen molar-refractivity contribution >= 4 is 0 Å². The van der Waals surface area contributed by atoms with Crippen LogP contribution in [0.2, 0.25) is 0 Å². The lowest BCUT2D eigenvalue weighted by molar-refractivity contribution is 0.172. The predicted octanol–water partition coefficient (Wildman–Crippen LogP) is 4.00. The van der Waals surface area contributed by atoms with Crippen LogP contribution in [0.25, 0.3) is 0 Å². The molecule has 0 saturated carbocycles. The van der Waals surface area contributed by atoms with E-state index in [2.05, 4.69) is 53.4 Å². The van der Waals surface area contributed by atoms with Crippen molar-refractivity contribution < 1.29 is 0 Å². The van der Waals surface area contributed by atoms with Crippen LogP contribution in [0.4, 0.5) is 0 Å². The highest BCUT2D eigenvalue weighted by atomic mass is 14.8. The topological polar surface area (TPSA) is 12.0 Å². The molecule has 0 fully saturated rings. The van der Waals surface area contributed by atoms with Crippen molar-refractivity contribution in [1.29, 1.82) is 0 Å². The third-order valence-corrected chi connectivity index (χ3v) is 3.84. The van der Waals surface area contributed by atoms with Gasteiger partial charge in [0.15, 0.2) is 0 Å². The van der Waals surface area contributed by atoms with Gasteiger partial charge in [-0.25, -0.2) is 0 Å². The highest BCUT2D eigenvalue weighted by Gasteiger charge is 2.34. The molecule has 1 N–H and O–H groups in total. The van der Waals surface area contributed by atoms with E-state index >= 15 is 0 Å². The standard InChI is InChI=1S/C14H29N/c1-8-15-11-9-10-12(2)14(6,7)13(3,4)5/h15H,2,8-11H2,1,3-7H3. The molecule has 0 aliphatic rings. The van der Waals surface area contributed by atoms with Crippen LogP contribution in [-0.2, 0) is 0 Å². The minimum atomic E-state index is 0.221. The van der Waals surface area contributed by atoms with Crippen LogP contribution in [-0.4, -0.2) is 13.1 Å². The maximum Gasteiger partial charge on any atom is -0.00460 e. The van der Waals surface area contributed by atoms with Crippen LogP contribution < -0.4 is 5.32 Å². The van der Waals surface area contributed by atoms with E-state index < -0.39 is 0 Å². The van der Waals surface area contributed by atoms with E-state index in [1.807, 2.05) is 0 Å². The SMILES string of the molecule is C=C(CCCNCC)C(C)(C)C(C)(C)C. The molecule has 0 saturated heterocycles. The minimum Gasteiger partial charge on any atom is -0.317 e. The fraction of sp³-hybridized carbons (Fsp3) is 0.857. The summed E-state index contributed by atoms with van der Waals surface area (Å²) in [6.45, 7) is 20.1. The van der Waals surface area contributed by atoms with E-state index in [1.54, 1.807) is 0 Å². The van der Waals surface area contributed by atoms with Gasteiger partial charge in [-0.05, 0) is 36.8 Å². The molecule has 0 aromatic heterocycles. The monoisotopic (exact) mass is 211 g/mol. The fourth-order valence-electron chi connectivity index (χ4n) is 1.45. The van der Waals surface area contributed by atoms with Crippen molar-refractivity contribution in [3.63, 3.8) is 0 Å². The Hall–Kier alpha value is -0.300. The molecule has 0 radical (unpaired) electrons. The van der Waals surface area contributed by atoms with Gasteiger partial charge in [0, 0.05) is 0 Å². The zero-order valence-corrected chi connectivity index (χ0v) is 11.5. The molecule has 0 aliphatic carbocycles. The molecule has 15 heavy (non-hydrogen) atoms. The van der Waals surface area contributed by atoms with Gasteiger partial charge in [0.2, 0.25) is 0 Å². The van der Waals surface area contributed by atoms with Gasteiger partial charge >= 0.3 is 0 Å². The second kappa shape index (κ2) is 5.69. The van der Waals surface area contributed by atoms with E-state index in [0.29, 0.717) is 5.41 Å². The molecule has 0 spiro atoms. The largest absolute Gasteiger partial charge is 0.317 e. The molecule has 0 unspecified atom stereocenters. The highest BCUT2D eigenvalue weighted by molar-refractivity contribution is 5.11. The van der Waals surface area contributed by atoms with Crippen LogP contribution in [0.1, 0.15) is 54.4 Å². The van der Waals surface area contributed by atoms with E-state index in [9.17, 15) is 0 Å². The first-order chi connectivity index (χ1) is 6.73. The summed E-state index contributed by atoms with van der Waals surface area (Å²) in [6, 6.07) is 0. The normalized spacial score (nSPS) is 12.9. The number of hydrogen-bond acceptors (Lipinski definition) is 1. The molecular formula is C14H29N. The average Bonchev–Trinajstić information content (AvgIpc) is 2.10. The lowest BCUT2D eigenvalue weighted by atomic mass is 9.64. The first kappa shape index (κ1) is 14.7. The molecule has 0 atom stereocenters. The van der Waals surface area contributed by atoms with E-state index in [1.165, 1.54) is 12.0 Å². The molecule has 0 rings (SSSR count). The molecule has 0 bridgehead atoms. The molecule has 0 heterocycles. The maximum absolute atomic E-state index is 4.26. The van der Waals surface area contributed by atoms with Gasteiger partial charge in [-0.3, -0.25) is 0 Å². The lowest BCUT2D eigenvalue weighted by Crippen LogP contribution is -2.31. The Morgan fingerprint density at radius 2 is 1.67 bits per heavy atom. The van der Waals surface area contributed by atoms with Crippen molar-refractivity contribution in [2.45, 2.75) is 54.4 Å². The summed E-state index contributed by atoms with van der Waals surface area (Å²) in [7, 11) is 0. The Kier molecular flexibility index (Phi) is 5.58. The second-order valence-electron chi connectivity index (χ2n) is 5.94. The summed E-state index contributed by atoms with van der Waals surface area (Å²) in [5, 5.41) is 3.35. The van der Waals surface area contributed by atoms with Crippen molar-refractivity contribution in [2.24, 2.45) is 10.8 Å². The van der Waals surface area contributed by atoms with Crippen molar-refractivity contribution in [3.8, 4) is 0 Å². The van der Waals surface area contributed by atoms with Crippen LogP contribution in [0.3, 0.4) is 0 Å². The molecule has 90 valence electrons. The summed E-state index contributed by atoms with van der Waals surface area (Å²) >= 11 is 0. The maximum atomic E-state index is 4.26. The molecule has 1 nitrogen and oxygen atoms in total. The molecule has 0 aliphatic heterocycles. The number of nitrogens with one attached hydrogen (secondary N) is 1. The number of allylic oxidation sites excluding steroid dienone is 1. The zero-order valence-electron chi connectivity index (χ0n) is 11.5. The zero-order chi connectivity index (χ0) is 12.1. The minimum absolute atomic E-state index is 0.221. The Labute approximate surface area is 96.3 Å². The van der Waals surface area contributed by atoms with E-state index in [0.717, 1.165) is 19.5 Å². The highest BCUT2D eigenvalue weighted by Crippen LogP contribution is 2.44. The number of rotatable bonds is 6. The third-order valence-electron chi connectivity index (χ3n) is 3.84. The first-order valence-corrected chi connectivity index (χ1v) is 6.12. The summed E-state index contributed by atoms with van der Waals surface area (Å²) in [6.07, 6.45) is 2.34.